The van der Waals surface area contributed by atoms with Gasteiger partial charge in [0.25, 0.3) is 0 Å². The van der Waals surface area contributed by atoms with Gasteiger partial charge in [0.2, 0.25) is 0 Å². The van der Waals surface area contributed by atoms with E-state index in [1.54, 1.807) is 0 Å². The molecule has 0 aliphatic carbocycles. The van der Waals surface area contributed by atoms with Crippen molar-refractivity contribution in [3.63, 3.8) is 0 Å². The van der Waals surface area contributed by atoms with Crippen molar-refractivity contribution in [3.05, 3.63) is 182 Å². The normalized spacial score (nSPS) is 11.9. The molecule has 0 unspecified atom stereocenters. The van der Waals surface area contributed by atoms with Crippen LogP contribution in [0.1, 0.15) is 0 Å². The second-order valence-corrected chi connectivity index (χ2v) is 14.4. The first-order valence-electron chi connectivity index (χ1n) is 17.4. The van der Waals surface area contributed by atoms with E-state index in [-0.39, 0.29) is 0 Å². The lowest BCUT2D eigenvalue weighted by atomic mass is 9.94. The van der Waals surface area contributed by atoms with Crippen molar-refractivity contribution in [2.24, 2.45) is 0 Å². The van der Waals surface area contributed by atoms with Crippen LogP contribution < -0.4 is 4.90 Å². The average molecular weight is 667 g/mol. The van der Waals surface area contributed by atoms with E-state index >= 15 is 0 Å². The molecule has 0 fully saturated rings. The zero-order chi connectivity index (χ0) is 33.5. The molecule has 2 nitrogen and oxygen atoms in total. The van der Waals surface area contributed by atoms with Gasteiger partial charge in [0.05, 0.1) is 28.1 Å². The van der Waals surface area contributed by atoms with Crippen molar-refractivity contribution >= 4 is 103 Å². The first-order valence-corrected chi connectivity index (χ1v) is 18.3. The lowest BCUT2D eigenvalue weighted by Gasteiger charge is -2.29. The molecular formula is C48H30N2S. The van der Waals surface area contributed by atoms with Crippen LogP contribution in [0.25, 0.3) is 80.0 Å². The molecule has 0 radical (unpaired) electrons. The molecule has 0 bridgehead atoms. The fraction of sp³-hybridized carbons (Fsp3) is 0. The van der Waals surface area contributed by atoms with E-state index in [1.165, 1.54) is 85.7 Å². The van der Waals surface area contributed by atoms with Gasteiger partial charge < -0.3 is 9.47 Å². The zero-order valence-corrected chi connectivity index (χ0v) is 28.4. The Hall–Kier alpha value is -6.42. The van der Waals surface area contributed by atoms with Gasteiger partial charge >= 0.3 is 0 Å². The maximum Gasteiger partial charge on any atom is 0.0562 e. The second kappa shape index (κ2) is 11.0. The number of hydrogen-bond acceptors (Lipinski definition) is 2. The van der Waals surface area contributed by atoms with E-state index in [4.69, 9.17) is 0 Å². The van der Waals surface area contributed by atoms with Gasteiger partial charge in [0.15, 0.2) is 0 Å². The van der Waals surface area contributed by atoms with Crippen molar-refractivity contribution in [2.75, 3.05) is 4.90 Å². The standard InChI is InChI=1S/C48H30N2S/c1-2-16-33(17-3-1)49-39-22-10-8-20-36(39)47-40(49)23-12-24-41(47)50(42-25-13-27-45-48(42)38-21-9-11-26-44(38)51-45)43-30-32-15-5-7-19-35(32)46-34-18-6-4-14-31(34)28-29-37(43)46/h1-30H. The Morgan fingerprint density at radius 2 is 0.961 bits per heavy atom. The fourth-order valence-corrected chi connectivity index (χ4v) is 9.54. The molecule has 0 aliphatic rings. The molecule has 51 heavy (non-hydrogen) atoms. The molecule has 2 aromatic heterocycles. The summed E-state index contributed by atoms with van der Waals surface area (Å²) >= 11 is 1.87. The minimum atomic E-state index is 1.15. The van der Waals surface area contributed by atoms with Crippen molar-refractivity contribution in [1.82, 2.24) is 4.57 Å². The van der Waals surface area contributed by atoms with Crippen LogP contribution in [0.5, 0.6) is 0 Å². The Morgan fingerprint density at radius 3 is 1.80 bits per heavy atom. The predicted molar refractivity (Wildman–Crippen MR) is 221 cm³/mol. The topological polar surface area (TPSA) is 8.17 Å². The second-order valence-electron chi connectivity index (χ2n) is 13.3. The number of nitrogens with zero attached hydrogens (tertiary/aromatic N) is 2. The molecule has 9 aromatic carbocycles. The Kier molecular flexibility index (Phi) is 6.16. The highest BCUT2D eigenvalue weighted by Gasteiger charge is 2.25. The van der Waals surface area contributed by atoms with E-state index in [0.717, 1.165) is 11.4 Å². The summed E-state index contributed by atoms with van der Waals surface area (Å²) in [5.41, 5.74) is 7.04. The van der Waals surface area contributed by atoms with Crippen molar-refractivity contribution < 1.29 is 0 Å². The summed E-state index contributed by atoms with van der Waals surface area (Å²) in [6.07, 6.45) is 0. The zero-order valence-electron chi connectivity index (χ0n) is 27.6. The summed E-state index contributed by atoms with van der Waals surface area (Å²) in [5, 5.41) is 12.6. The van der Waals surface area contributed by atoms with Gasteiger partial charge in [-0.3, -0.25) is 0 Å². The number of benzene rings is 9. The summed E-state index contributed by atoms with van der Waals surface area (Å²) in [7, 11) is 0. The molecule has 3 heteroatoms. The van der Waals surface area contributed by atoms with E-state index in [2.05, 4.69) is 191 Å². The first-order chi connectivity index (χ1) is 25.3. The quantitative estimate of drug-likeness (QED) is 0.170. The Labute approximate surface area is 298 Å². The Balaban J connectivity index is 1.35. The summed E-state index contributed by atoms with van der Waals surface area (Å²) in [4.78, 5) is 2.56. The molecule has 0 saturated carbocycles. The van der Waals surface area contributed by atoms with E-state index in [9.17, 15) is 0 Å². The van der Waals surface area contributed by atoms with Gasteiger partial charge in [-0.15, -0.1) is 11.3 Å². The van der Waals surface area contributed by atoms with Crippen molar-refractivity contribution in [2.45, 2.75) is 0 Å². The fourth-order valence-electron chi connectivity index (χ4n) is 8.41. The summed E-state index contributed by atoms with van der Waals surface area (Å²) in [5.74, 6) is 0. The van der Waals surface area contributed by atoms with Crippen LogP contribution in [-0.2, 0) is 0 Å². The van der Waals surface area contributed by atoms with Crippen LogP contribution in [0, 0.1) is 0 Å². The number of thiophene rings is 1. The Bertz CT molecular complexity index is 3130. The number of para-hydroxylation sites is 2. The molecular weight excluding hydrogens is 637 g/mol. The van der Waals surface area contributed by atoms with Crippen LogP contribution in [0.2, 0.25) is 0 Å². The number of fused-ring (bicyclic) bond motifs is 11. The third-order valence-corrected chi connectivity index (χ3v) is 11.7. The molecule has 0 atom stereocenters. The maximum absolute atomic E-state index is 2.56. The third kappa shape index (κ3) is 4.16. The lowest BCUT2D eigenvalue weighted by Crippen LogP contribution is -2.11. The largest absolute Gasteiger partial charge is 0.309 e. The van der Waals surface area contributed by atoms with Crippen LogP contribution in [0.4, 0.5) is 17.1 Å². The summed E-state index contributed by atoms with van der Waals surface area (Å²) in [6, 6.07) is 66.8. The molecule has 0 aliphatic heterocycles. The first kappa shape index (κ1) is 28.4. The van der Waals surface area contributed by atoms with E-state index in [1.807, 2.05) is 11.3 Å². The van der Waals surface area contributed by atoms with Gasteiger partial charge in [0.1, 0.15) is 0 Å². The molecule has 0 saturated heterocycles. The monoisotopic (exact) mass is 666 g/mol. The van der Waals surface area contributed by atoms with Gasteiger partial charge in [0, 0.05) is 42.0 Å². The van der Waals surface area contributed by atoms with Gasteiger partial charge in [-0.1, -0.05) is 127 Å². The molecule has 2 heterocycles. The molecule has 0 spiro atoms. The Morgan fingerprint density at radius 1 is 0.353 bits per heavy atom. The van der Waals surface area contributed by atoms with E-state index in [0.29, 0.717) is 0 Å². The average Bonchev–Trinajstić information content (AvgIpc) is 3.75. The van der Waals surface area contributed by atoms with Crippen LogP contribution in [0.3, 0.4) is 0 Å². The SMILES string of the molecule is c1ccc(-n2c3ccccc3c3c(N(c4cc5ccccc5c5c4ccc4ccccc45)c4cccc5sc6ccccc6c45)cccc32)cc1. The highest BCUT2D eigenvalue weighted by atomic mass is 32.1. The number of anilines is 3. The highest BCUT2D eigenvalue weighted by Crippen LogP contribution is 2.51. The molecule has 238 valence electrons. The van der Waals surface area contributed by atoms with Gasteiger partial charge in [-0.2, -0.15) is 0 Å². The molecule has 11 rings (SSSR count). The predicted octanol–water partition coefficient (Wildman–Crippen LogP) is 14.1. The summed E-state index contributed by atoms with van der Waals surface area (Å²) in [6.45, 7) is 0. The number of hydrogen-bond donors (Lipinski definition) is 0. The minimum Gasteiger partial charge on any atom is -0.309 e. The third-order valence-electron chi connectivity index (χ3n) is 10.5. The maximum atomic E-state index is 2.56. The van der Waals surface area contributed by atoms with Crippen molar-refractivity contribution in [3.8, 4) is 5.69 Å². The number of aromatic nitrogens is 1. The minimum absolute atomic E-state index is 1.15. The molecule has 0 N–H and O–H groups in total. The van der Waals surface area contributed by atoms with Crippen LogP contribution in [-0.4, -0.2) is 4.57 Å². The van der Waals surface area contributed by atoms with Gasteiger partial charge in [-0.05, 0) is 81.5 Å². The van der Waals surface area contributed by atoms with Crippen LogP contribution in [0.15, 0.2) is 182 Å². The van der Waals surface area contributed by atoms with Gasteiger partial charge in [-0.25, -0.2) is 0 Å². The smallest absolute Gasteiger partial charge is 0.0562 e. The highest BCUT2D eigenvalue weighted by molar-refractivity contribution is 7.26. The van der Waals surface area contributed by atoms with E-state index < -0.39 is 0 Å². The van der Waals surface area contributed by atoms with Crippen molar-refractivity contribution in [1.29, 1.82) is 0 Å². The van der Waals surface area contributed by atoms with Crippen LogP contribution >= 0.6 is 11.3 Å². The molecule has 0 amide bonds. The number of rotatable bonds is 4. The lowest BCUT2D eigenvalue weighted by molar-refractivity contribution is 1.18. The summed E-state index contributed by atoms with van der Waals surface area (Å²) < 4.78 is 5.00. The molecule has 11 aromatic rings.